The van der Waals surface area contributed by atoms with Gasteiger partial charge in [-0.05, 0) is 19.3 Å². The number of carboxylic acid groups (broad SMARTS) is 1. The number of nitrogens with two attached hydrogens (primary N) is 1. The molecule has 2 aromatic rings. The minimum Gasteiger partial charge on any atom is -0.477 e. The van der Waals surface area contributed by atoms with Crippen molar-refractivity contribution < 1.29 is 33.3 Å². The van der Waals surface area contributed by atoms with Crippen molar-refractivity contribution in [1.29, 1.82) is 0 Å². The topological polar surface area (TPSA) is 151 Å². The van der Waals surface area contributed by atoms with Crippen LogP contribution in [0.5, 0.6) is 0 Å². The Morgan fingerprint density at radius 3 is 2.89 bits per heavy atom. The number of amides is 2. The number of thioether (sulfide) groups is 1. The zero-order valence-corrected chi connectivity index (χ0v) is 22.0. The number of rotatable bonds is 9. The van der Waals surface area contributed by atoms with Crippen LogP contribution < -0.4 is 15.6 Å². The first kappa shape index (κ1) is 25.6. The van der Waals surface area contributed by atoms with Gasteiger partial charge in [0.1, 0.15) is 36.1 Å². The number of nitrogens with one attached hydrogen (secondary N) is 1. The second-order valence-corrected chi connectivity index (χ2v) is 11.5. The molecule has 4 heterocycles. The predicted octanol–water partition coefficient (Wildman–Crippen LogP) is 1.08. The van der Waals surface area contributed by atoms with Crippen molar-refractivity contribution in [3.05, 3.63) is 38.4 Å². The molecule has 0 bridgehead atoms. The standard InChI is InChI=1S/C22H23FN6O5S3/c23-5-6-34-27-15(12-9-36-22(24)25-12)18(30)26-16-19(31)29-17(21(32)33)11(8-35-20(16)29)7-28-10-37-14-4-2-1-3-13(14)28/h9-10,16,20H,1-8H2,(H3-,24,25,26,30,32,33)/p+1/b27-15-/t16-,20+/m1/s1. The molecule has 37 heavy (non-hydrogen) atoms. The number of halogens is 1. The Morgan fingerprint density at radius 1 is 1.35 bits per heavy atom. The van der Waals surface area contributed by atoms with Crippen LogP contribution in [0.15, 0.2) is 27.3 Å². The SMILES string of the molecule is Nc1nc(/C(=N/OCCF)C(=O)N[C@@H]2C(=O)N3C(C(=O)O)=C(C[n+]4csc5c4CCCC5)CS[C@@H]23)cs1. The lowest BCUT2D eigenvalue weighted by Gasteiger charge is -2.49. The second-order valence-electron chi connectivity index (χ2n) is 8.58. The molecule has 1 fully saturated rings. The maximum atomic E-state index is 13.1. The van der Waals surface area contributed by atoms with Crippen molar-refractivity contribution in [1.82, 2.24) is 15.2 Å². The lowest BCUT2D eigenvalue weighted by atomic mass is 10.0. The van der Waals surface area contributed by atoms with Gasteiger partial charge in [0, 0.05) is 23.1 Å². The fourth-order valence-corrected chi connectivity index (χ4v) is 7.54. The van der Waals surface area contributed by atoms with Gasteiger partial charge in [-0.1, -0.05) is 16.5 Å². The molecule has 2 atom stereocenters. The molecule has 2 aromatic heterocycles. The molecular formula is C22H24FN6O5S3+. The second kappa shape index (κ2) is 10.8. The number of carbonyl (C=O) groups is 3. The van der Waals surface area contributed by atoms with E-state index in [2.05, 4.69) is 20.0 Å². The summed E-state index contributed by atoms with van der Waals surface area (Å²) in [4.78, 5) is 49.8. The first-order valence-corrected chi connectivity index (χ1v) is 14.4. The van der Waals surface area contributed by atoms with E-state index in [0.717, 1.165) is 37.0 Å². The van der Waals surface area contributed by atoms with Gasteiger partial charge in [-0.15, -0.1) is 23.1 Å². The third kappa shape index (κ3) is 4.94. The summed E-state index contributed by atoms with van der Waals surface area (Å²) in [6, 6.07) is -0.961. The van der Waals surface area contributed by atoms with E-state index in [-0.39, 0.29) is 28.8 Å². The molecule has 1 aliphatic carbocycles. The summed E-state index contributed by atoms with van der Waals surface area (Å²) in [5.74, 6) is -2.05. The monoisotopic (exact) mass is 567 g/mol. The molecule has 0 radical (unpaired) electrons. The number of aromatic nitrogens is 2. The lowest BCUT2D eigenvalue weighted by Crippen LogP contribution is -2.71. The summed E-state index contributed by atoms with van der Waals surface area (Å²) in [5.41, 5.74) is 9.42. The van der Waals surface area contributed by atoms with Crippen LogP contribution >= 0.6 is 34.4 Å². The number of carbonyl (C=O) groups excluding carboxylic acids is 2. The normalized spacial score (nSPS) is 21.3. The quantitative estimate of drug-likeness (QED) is 0.134. The van der Waals surface area contributed by atoms with Crippen molar-refractivity contribution in [2.24, 2.45) is 5.16 Å². The van der Waals surface area contributed by atoms with E-state index in [4.69, 9.17) is 10.6 Å². The molecule has 5 rings (SSSR count). The fraction of sp³-hybridized carbons (Fsp3) is 0.455. The predicted molar refractivity (Wildman–Crippen MR) is 136 cm³/mol. The first-order valence-electron chi connectivity index (χ1n) is 11.6. The van der Waals surface area contributed by atoms with Crippen molar-refractivity contribution in [2.75, 3.05) is 24.8 Å². The highest BCUT2D eigenvalue weighted by Crippen LogP contribution is 2.40. The Morgan fingerprint density at radius 2 is 2.16 bits per heavy atom. The molecule has 0 unspecified atom stereocenters. The highest BCUT2D eigenvalue weighted by atomic mass is 32.2. The summed E-state index contributed by atoms with van der Waals surface area (Å²) in [5, 5.41) is 17.4. The van der Waals surface area contributed by atoms with E-state index < -0.39 is 35.9 Å². The van der Waals surface area contributed by atoms with Crippen LogP contribution in [0.2, 0.25) is 0 Å². The number of hydrogen-bond acceptors (Lipinski definition) is 10. The highest BCUT2D eigenvalue weighted by molar-refractivity contribution is 8.00. The number of aliphatic carboxylic acids is 1. The van der Waals surface area contributed by atoms with E-state index in [0.29, 0.717) is 17.9 Å². The number of fused-ring (bicyclic) bond motifs is 2. The molecular weight excluding hydrogens is 543 g/mol. The summed E-state index contributed by atoms with van der Waals surface area (Å²) >= 11 is 4.16. The number of oxime groups is 1. The smallest absolute Gasteiger partial charge is 0.352 e. The lowest BCUT2D eigenvalue weighted by molar-refractivity contribution is -0.692. The maximum Gasteiger partial charge on any atom is 0.352 e. The van der Waals surface area contributed by atoms with Crippen LogP contribution in [0.3, 0.4) is 0 Å². The van der Waals surface area contributed by atoms with Crippen LogP contribution in [0.4, 0.5) is 9.52 Å². The van der Waals surface area contributed by atoms with Crippen LogP contribution in [0.25, 0.3) is 0 Å². The number of aryl methyl sites for hydroxylation is 1. The van der Waals surface area contributed by atoms with Crippen LogP contribution in [-0.4, -0.2) is 68.9 Å². The van der Waals surface area contributed by atoms with Gasteiger partial charge < -0.3 is 21.0 Å². The van der Waals surface area contributed by atoms with Gasteiger partial charge in [0.25, 0.3) is 11.8 Å². The van der Waals surface area contributed by atoms with Crippen LogP contribution in [-0.2, 0) is 38.6 Å². The van der Waals surface area contributed by atoms with Gasteiger partial charge in [0.15, 0.2) is 23.1 Å². The fourth-order valence-electron chi connectivity index (χ4n) is 4.58. The molecule has 0 saturated carbocycles. The molecule has 3 aliphatic rings. The van der Waals surface area contributed by atoms with E-state index in [1.165, 1.54) is 32.6 Å². The number of β-lactam (4-membered cyclic amide) rings is 1. The Kier molecular flexibility index (Phi) is 7.44. The average molecular weight is 568 g/mol. The molecule has 196 valence electrons. The average Bonchev–Trinajstić information content (AvgIpc) is 3.50. The molecule has 15 heteroatoms. The van der Waals surface area contributed by atoms with Gasteiger partial charge in [-0.3, -0.25) is 14.5 Å². The van der Waals surface area contributed by atoms with Crippen molar-refractivity contribution in [3.63, 3.8) is 0 Å². The largest absolute Gasteiger partial charge is 0.477 e. The molecule has 0 aromatic carbocycles. The molecule has 2 amide bonds. The minimum atomic E-state index is -1.18. The van der Waals surface area contributed by atoms with Crippen LogP contribution in [0, 0.1) is 0 Å². The summed E-state index contributed by atoms with van der Waals surface area (Å²) in [6.07, 6.45) is 4.27. The Hall–Kier alpha value is -3.04. The summed E-state index contributed by atoms with van der Waals surface area (Å²) in [7, 11) is 0. The zero-order chi connectivity index (χ0) is 26.1. The number of alkyl halides is 1. The van der Waals surface area contributed by atoms with E-state index >= 15 is 0 Å². The van der Waals surface area contributed by atoms with Crippen molar-refractivity contribution in [3.8, 4) is 0 Å². The first-order chi connectivity index (χ1) is 17.9. The van der Waals surface area contributed by atoms with Crippen molar-refractivity contribution >= 4 is 63.1 Å². The summed E-state index contributed by atoms with van der Waals surface area (Å²) < 4.78 is 14.6. The van der Waals surface area contributed by atoms with E-state index in [1.54, 1.807) is 11.3 Å². The van der Waals surface area contributed by atoms with Gasteiger partial charge in [0.05, 0.1) is 4.88 Å². The number of nitrogen functional groups attached to an aromatic ring is 1. The van der Waals surface area contributed by atoms with Gasteiger partial charge >= 0.3 is 5.97 Å². The third-order valence-corrected chi connectivity index (χ3v) is 9.36. The highest BCUT2D eigenvalue weighted by Gasteiger charge is 2.55. The van der Waals surface area contributed by atoms with E-state index in [9.17, 15) is 23.9 Å². The number of thiazole rings is 2. The van der Waals surface area contributed by atoms with Gasteiger partial charge in [0.2, 0.25) is 5.51 Å². The van der Waals surface area contributed by atoms with Gasteiger partial charge in [-0.2, -0.15) is 4.57 Å². The van der Waals surface area contributed by atoms with Crippen molar-refractivity contribution in [2.45, 2.75) is 43.6 Å². The molecule has 1 saturated heterocycles. The molecule has 2 aliphatic heterocycles. The Labute approximate surface area is 223 Å². The Bertz CT molecular complexity index is 1310. The zero-order valence-electron chi connectivity index (χ0n) is 19.5. The third-order valence-electron chi connectivity index (χ3n) is 6.26. The van der Waals surface area contributed by atoms with E-state index in [1.807, 2.05) is 5.51 Å². The number of nitrogens with zero attached hydrogens (tertiary/aromatic N) is 4. The number of carboxylic acids is 1. The molecule has 11 nitrogen and oxygen atoms in total. The maximum absolute atomic E-state index is 13.1. The molecule has 4 N–H and O–H groups in total. The Balaban J connectivity index is 1.34. The van der Waals surface area contributed by atoms with Crippen LogP contribution in [0.1, 0.15) is 29.1 Å². The minimum absolute atomic E-state index is 0.0325. The molecule has 0 spiro atoms. The van der Waals surface area contributed by atoms with Gasteiger partial charge in [-0.25, -0.2) is 14.2 Å². The summed E-state index contributed by atoms with van der Waals surface area (Å²) in [6.45, 7) is -0.751. The number of hydrogen-bond donors (Lipinski definition) is 3. The number of anilines is 1.